The quantitative estimate of drug-likeness (QED) is 0.359. The zero-order chi connectivity index (χ0) is 21.3. The highest BCUT2D eigenvalue weighted by atomic mass is 32.1. The predicted octanol–water partition coefficient (Wildman–Crippen LogP) is 1.67. The largest absolute Gasteiger partial charge is 0.329 e. The van der Waals surface area contributed by atoms with E-state index in [0.717, 1.165) is 0 Å². The molecule has 0 fully saturated rings. The molecule has 0 bridgehead atoms. The molecule has 0 saturated heterocycles. The van der Waals surface area contributed by atoms with Crippen LogP contribution in [0.4, 0.5) is 0 Å². The van der Waals surface area contributed by atoms with Crippen LogP contribution in [-0.2, 0) is 0 Å². The number of nitrogens with one attached hydrogen (secondary N) is 2. The van der Waals surface area contributed by atoms with E-state index in [4.69, 9.17) is 36.7 Å². The fourth-order valence-corrected chi connectivity index (χ4v) is 3.73. The fourth-order valence-electron chi connectivity index (χ4n) is 2.81. The van der Waals surface area contributed by atoms with Gasteiger partial charge >= 0.3 is 0 Å². The third kappa shape index (κ3) is 3.49. The lowest BCUT2D eigenvalue weighted by Gasteiger charge is -2.12. The van der Waals surface area contributed by atoms with Crippen molar-refractivity contribution in [2.75, 3.05) is 0 Å². The van der Waals surface area contributed by atoms with E-state index in [1.54, 1.807) is 45.8 Å². The van der Waals surface area contributed by atoms with E-state index >= 15 is 0 Å². The van der Waals surface area contributed by atoms with Crippen molar-refractivity contribution >= 4 is 51.5 Å². The Labute approximate surface area is 185 Å². The zero-order valence-corrected chi connectivity index (χ0v) is 17.6. The Kier molecular flexibility index (Phi) is 5.40. The average Bonchev–Trinajstić information content (AvgIpc) is 3.43. The Morgan fingerprint density at radius 3 is 1.60 bits per heavy atom. The highest BCUT2D eigenvalue weighted by Crippen LogP contribution is 2.13. The van der Waals surface area contributed by atoms with Crippen molar-refractivity contribution in [3.63, 3.8) is 0 Å². The summed E-state index contributed by atoms with van der Waals surface area (Å²) in [7, 11) is 0. The van der Waals surface area contributed by atoms with Crippen LogP contribution in [0.15, 0.2) is 71.0 Å². The van der Waals surface area contributed by atoms with Crippen molar-refractivity contribution in [1.29, 1.82) is 0 Å². The maximum atomic E-state index is 12.1. The molecule has 30 heavy (non-hydrogen) atoms. The number of aromatic amines is 2. The Bertz CT molecular complexity index is 1310. The third-order valence-electron chi connectivity index (χ3n) is 4.22. The zero-order valence-electron chi connectivity index (χ0n) is 15.1. The molecular weight excluding hydrogens is 440 g/mol. The van der Waals surface area contributed by atoms with Gasteiger partial charge in [0.15, 0.2) is 11.6 Å². The monoisotopic (exact) mass is 452 g/mol. The van der Waals surface area contributed by atoms with E-state index in [9.17, 15) is 9.59 Å². The summed E-state index contributed by atoms with van der Waals surface area (Å²) in [6.45, 7) is 0. The predicted molar refractivity (Wildman–Crippen MR) is 124 cm³/mol. The molecule has 4 aromatic rings. The van der Waals surface area contributed by atoms with Crippen LogP contribution in [0.3, 0.4) is 0 Å². The van der Waals surface area contributed by atoms with Crippen LogP contribution in [-0.4, -0.2) is 43.9 Å². The minimum Gasteiger partial charge on any atom is -0.329 e. The lowest BCUT2D eigenvalue weighted by atomic mass is 10.2. The molecule has 0 radical (unpaired) electrons. The lowest BCUT2D eigenvalue weighted by Crippen LogP contribution is -2.27. The van der Waals surface area contributed by atoms with E-state index in [1.165, 1.54) is 24.8 Å². The second-order valence-corrected chi connectivity index (χ2v) is 7.19. The van der Waals surface area contributed by atoms with Gasteiger partial charge in [0.25, 0.3) is 11.1 Å². The molecule has 148 valence electrons. The molecule has 0 spiro atoms. The van der Waals surface area contributed by atoms with Gasteiger partial charge in [0.1, 0.15) is 14.8 Å². The number of H-pyrrole nitrogens is 2. The first kappa shape index (κ1) is 19.9. The van der Waals surface area contributed by atoms with Gasteiger partial charge in [0, 0.05) is 37.2 Å². The van der Waals surface area contributed by atoms with Gasteiger partial charge < -0.3 is 9.97 Å². The van der Waals surface area contributed by atoms with E-state index in [0.29, 0.717) is 22.8 Å². The normalized spacial score (nSPS) is 10.7. The number of nitrogens with zero attached hydrogens (tertiary/aromatic N) is 4. The Hall–Kier alpha value is -3.41. The Balaban J connectivity index is 1.74. The number of hydrogen-bond acceptors (Lipinski definition) is 7. The summed E-state index contributed by atoms with van der Waals surface area (Å²) in [5.41, 5.74) is -0.0217. The Morgan fingerprint density at radius 1 is 0.767 bits per heavy atom. The van der Waals surface area contributed by atoms with Crippen LogP contribution in [0.2, 0.25) is 0 Å². The number of thiocarbonyl (C=S) groups is 3. The van der Waals surface area contributed by atoms with Crippen LogP contribution in [0.1, 0.15) is 22.8 Å². The van der Waals surface area contributed by atoms with Crippen molar-refractivity contribution < 1.29 is 0 Å². The molecule has 4 aromatic heterocycles. The molecule has 0 aliphatic heterocycles. The Morgan fingerprint density at radius 2 is 1.20 bits per heavy atom. The van der Waals surface area contributed by atoms with Gasteiger partial charge in [-0.3, -0.25) is 18.7 Å². The van der Waals surface area contributed by atoms with Gasteiger partial charge in [-0.05, 0) is 24.3 Å². The highest BCUT2D eigenvalue weighted by molar-refractivity contribution is 7.81. The van der Waals surface area contributed by atoms with Crippen molar-refractivity contribution in [3.05, 3.63) is 105 Å². The molecule has 4 heterocycles. The van der Waals surface area contributed by atoms with Crippen LogP contribution >= 0.6 is 36.7 Å². The SMILES string of the molecule is O=c1[nH]cccc1C(=S)n1ccnc1C(=S)c1nccn1C(=S)c1ccc[nH]c1=O. The second-order valence-electron chi connectivity index (χ2n) is 6.01. The first-order valence-electron chi connectivity index (χ1n) is 8.55. The first-order chi connectivity index (χ1) is 14.5. The smallest absolute Gasteiger partial charge is 0.258 e. The summed E-state index contributed by atoms with van der Waals surface area (Å²) in [6.07, 6.45) is 9.33. The minimum atomic E-state index is -0.320. The first-order valence-corrected chi connectivity index (χ1v) is 9.77. The molecule has 0 amide bonds. The standard InChI is InChI=1S/C19H12N6O2S3/c26-16-11(3-1-5-22-16)18(29)24-9-7-20-14(24)13(28)15-21-8-10-25(15)19(30)12-4-2-6-23-17(12)27/h1-10H,(H,22,26)(H,23,27). The lowest BCUT2D eigenvalue weighted by molar-refractivity contribution is 1.08. The number of rotatable bonds is 4. The van der Waals surface area contributed by atoms with E-state index in [1.807, 2.05) is 0 Å². The number of pyridine rings is 2. The number of hydrogen-bond donors (Lipinski definition) is 2. The molecule has 0 aliphatic carbocycles. The minimum absolute atomic E-state index is 0.242. The van der Waals surface area contributed by atoms with Crippen LogP contribution in [0, 0.1) is 0 Å². The molecule has 4 rings (SSSR count). The summed E-state index contributed by atoms with van der Waals surface area (Å²) in [5, 5.41) is 0. The van der Waals surface area contributed by atoms with Crippen molar-refractivity contribution in [2.24, 2.45) is 0 Å². The van der Waals surface area contributed by atoms with Gasteiger partial charge in [0.2, 0.25) is 0 Å². The van der Waals surface area contributed by atoms with Gasteiger partial charge in [-0.2, -0.15) is 0 Å². The topological polar surface area (TPSA) is 101 Å². The molecule has 0 unspecified atom stereocenters. The summed E-state index contributed by atoms with van der Waals surface area (Å²) < 4.78 is 3.08. The third-order valence-corrected chi connectivity index (χ3v) is 5.42. The second kappa shape index (κ2) is 8.14. The molecule has 0 aromatic carbocycles. The molecule has 0 aliphatic rings. The fraction of sp³-hybridized carbons (Fsp3) is 0. The summed E-state index contributed by atoms with van der Waals surface area (Å²) >= 11 is 16.6. The summed E-state index contributed by atoms with van der Waals surface area (Å²) in [6, 6.07) is 6.60. The van der Waals surface area contributed by atoms with E-state index in [2.05, 4.69) is 19.9 Å². The van der Waals surface area contributed by atoms with Gasteiger partial charge in [0.05, 0.1) is 11.1 Å². The van der Waals surface area contributed by atoms with Gasteiger partial charge in [-0.15, -0.1) is 0 Å². The number of aromatic nitrogens is 6. The van der Waals surface area contributed by atoms with Crippen molar-refractivity contribution in [1.82, 2.24) is 29.1 Å². The van der Waals surface area contributed by atoms with Crippen LogP contribution < -0.4 is 11.1 Å². The van der Waals surface area contributed by atoms with Crippen LogP contribution in [0.25, 0.3) is 0 Å². The van der Waals surface area contributed by atoms with Gasteiger partial charge in [-0.1, -0.05) is 36.7 Å². The van der Waals surface area contributed by atoms with Crippen LogP contribution in [0.5, 0.6) is 0 Å². The molecular formula is C19H12N6O2S3. The number of imidazole rings is 2. The molecule has 0 saturated carbocycles. The maximum absolute atomic E-state index is 12.1. The van der Waals surface area contributed by atoms with E-state index in [-0.39, 0.29) is 26.0 Å². The van der Waals surface area contributed by atoms with Crippen molar-refractivity contribution in [2.45, 2.75) is 0 Å². The summed E-state index contributed by atoms with van der Waals surface area (Å²) in [4.78, 5) is 38.8. The summed E-state index contributed by atoms with van der Waals surface area (Å²) in [5.74, 6) is 0.658. The maximum Gasteiger partial charge on any atom is 0.258 e. The molecule has 8 nitrogen and oxygen atoms in total. The molecule has 2 N–H and O–H groups in total. The van der Waals surface area contributed by atoms with E-state index < -0.39 is 0 Å². The molecule has 11 heteroatoms. The molecule has 0 atom stereocenters. The van der Waals surface area contributed by atoms with Crippen molar-refractivity contribution in [3.8, 4) is 0 Å². The van der Waals surface area contributed by atoms with Gasteiger partial charge in [-0.25, -0.2) is 9.97 Å². The highest BCUT2D eigenvalue weighted by Gasteiger charge is 2.22. The average molecular weight is 453 g/mol.